The zero-order chi connectivity index (χ0) is 9.68. The number of nitrogens with zero attached hydrogens (tertiary/aromatic N) is 1. The lowest BCUT2D eigenvalue weighted by molar-refractivity contribution is 0.112. The molecule has 0 aliphatic carbocycles. The molecule has 0 aromatic heterocycles. The number of aromatic hydroxyl groups is 1. The molecule has 0 amide bonds. The molecule has 0 heterocycles. The highest BCUT2D eigenvalue weighted by molar-refractivity contribution is 5.78. The fourth-order valence-electron chi connectivity index (χ4n) is 1.11. The third-order valence-electron chi connectivity index (χ3n) is 1.76. The Kier molecular flexibility index (Phi) is 3.04. The van der Waals surface area contributed by atoms with E-state index >= 15 is 0 Å². The van der Waals surface area contributed by atoms with E-state index in [2.05, 4.69) is 0 Å². The quantitative estimate of drug-likeness (QED) is 0.710. The summed E-state index contributed by atoms with van der Waals surface area (Å²) in [6, 6.07) is 6.58. The van der Waals surface area contributed by atoms with E-state index in [0.717, 1.165) is 5.56 Å². The third-order valence-corrected chi connectivity index (χ3v) is 1.76. The minimum absolute atomic E-state index is 0.0720. The van der Waals surface area contributed by atoms with Gasteiger partial charge in [0.25, 0.3) is 0 Å². The van der Waals surface area contributed by atoms with Crippen molar-refractivity contribution in [3.63, 3.8) is 0 Å². The first-order valence-electron chi connectivity index (χ1n) is 3.92. The smallest absolute Gasteiger partial charge is 0.150 e. The third kappa shape index (κ3) is 2.31. The number of phenols is 1. The molecule has 0 atom stereocenters. The van der Waals surface area contributed by atoms with Crippen LogP contribution in [0.15, 0.2) is 18.2 Å². The number of hydrogen-bond donors (Lipinski definition) is 1. The van der Waals surface area contributed by atoms with Gasteiger partial charge < -0.3 is 5.11 Å². The lowest BCUT2D eigenvalue weighted by Crippen LogP contribution is -1.91. The normalized spacial score (nSPS) is 9.15. The van der Waals surface area contributed by atoms with Gasteiger partial charge in [0, 0.05) is 12.0 Å². The maximum absolute atomic E-state index is 10.5. The number of aldehydes is 1. The molecule has 1 N–H and O–H groups in total. The van der Waals surface area contributed by atoms with Crippen LogP contribution in [0, 0.1) is 11.3 Å². The molecule has 3 nitrogen and oxygen atoms in total. The van der Waals surface area contributed by atoms with Crippen molar-refractivity contribution in [2.45, 2.75) is 12.8 Å². The van der Waals surface area contributed by atoms with E-state index < -0.39 is 0 Å². The standard InChI is InChI=1S/C10H9NO2/c11-5-1-2-8-3-4-10(13)6-9(8)7-12/h3-4,6-7,13H,1-2H2. The predicted octanol–water partition coefficient (Wildman–Crippen LogP) is 1.66. The Morgan fingerprint density at radius 1 is 1.54 bits per heavy atom. The molecule has 0 saturated carbocycles. The summed E-state index contributed by atoms with van der Waals surface area (Å²) < 4.78 is 0. The largest absolute Gasteiger partial charge is 0.508 e. The van der Waals surface area contributed by atoms with Crippen LogP contribution in [0.1, 0.15) is 22.3 Å². The number of carbonyl (C=O) groups is 1. The summed E-state index contributed by atoms with van der Waals surface area (Å²) in [6.45, 7) is 0. The lowest BCUT2D eigenvalue weighted by atomic mass is 10.0. The van der Waals surface area contributed by atoms with Gasteiger partial charge in [-0.2, -0.15) is 5.26 Å². The molecular formula is C10H9NO2. The Balaban J connectivity index is 2.93. The number of nitriles is 1. The van der Waals surface area contributed by atoms with Crippen LogP contribution < -0.4 is 0 Å². The van der Waals surface area contributed by atoms with Gasteiger partial charge in [-0.3, -0.25) is 4.79 Å². The second-order valence-corrected chi connectivity index (χ2v) is 2.66. The number of phenolic OH excluding ortho intramolecular Hbond substituents is 1. The van der Waals surface area contributed by atoms with Gasteiger partial charge in [0.1, 0.15) is 12.0 Å². The highest BCUT2D eigenvalue weighted by Crippen LogP contribution is 2.16. The van der Waals surface area contributed by atoms with Gasteiger partial charge in [-0.1, -0.05) is 6.07 Å². The molecule has 3 heteroatoms. The maximum atomic E-state index is 10.5. The molecule has 0 aliphatic heterocycles. The van der Waals surface area contributed by atoms with Crippen LogP contribution >= 0.6 is 0 Å². The van der Waals surface area contributed by atoms with Gasteiger partial charge in [0.2, 0.25) is 0 Å². The molecule has 1 aromatic carbocycles. The second-order valence-electron chi connectivity index (χ2n) is 2.66. The van der Waals surface area contributed by atoms with Crippen molar-refractivity contribution in [3.05, 3.63) is 29.3 Å². The van der Waals surface area contributed by atoms with Crippen molar-refractivity contribution in [3.8, 4) is 11.8 Å². The van der Waals surface area contributed by atoms with E-state index in [-0.39, 0.29) is 5.75 Å². The fraction of sp³-hybridized carbons (Fsp3) is 0.200. The van der Waals surface area contributed by atoms with Crippen molar-refractivity contribution in [2.75, 3.05) is 0 Å². The van der Waals surface area contributed by atoms with Crippen LogP contribution in [0.25, 0.3) is 0 Å². The van der Waals surface area contributed by atoms with E-state index in [1.54, 1.807) is 6.07 Å². The summed E-state index contributed by atoms with van der Waals surface area (Å²) >= 11 is 0. The number of aryl methyl sites for hydroxylation is 1. The number of rotatable bonds is 3. The predicted molar refractivity (Wildman–Crippen MR) is 47.4 cm³/mol. The van der Waals surface area contributed by atoms with Gasteiger partial charge in [-0.05, 0) is 24.1 Å². The van der Waals surface area contributed by atoms with Crippen LogP contribution in [-0.2, 0) is 6.42 Å². The minimum atomic E-state index is 0.0720. The van der Waals surface area contributed by atoms with Crippen molar-refractivity contribution < 1.29 is 9.90 Å². The van der Waals surface area contributed by atoms with Gasteiger partial charge in [0.15, 0.2) is 0 Å². The first kappa shape index (κ1) is 9.27. The average molecular weight is 175 g/mol. The Bertz CT molecular complexity index is 352. The van der Waals surface area contributed by atoms with Gasteiger partial charge >= 0.3 is 0 Å². The van der Waals surface area contributed by atoms with Crippen molar-refractivity contribution >= 4 is 6.29 Å². The molecule has 0 radical (unpaired) electrons. The van der Waals surface area contributed by atoms with Gasteiger partial charge in [0.05, 0.1) is 6.07 Å². The summed E-state index contributed by atoms with van der Waals surface area (Å²) in [5.41, 5.74) is 1.25. The van der Waals surface area contributed by atoms with E-state index in [1.165, 1.54) is 12.1 Å². The molecule has 1 aromatic rings. The summed E-state index contributed by atoms with van der Waals surface area (Å²) in [7, 11) is 0. The fourth-order valence-corrected chi connectivity index (χ4v) is 1.11. The zero-order valence-corrected chi connectivity index (χ0v) is 7.03. The summed E-state index contributed by atoms with van der Waals surface area (Å²) in [4.78, 5) is 10.5. The van der Waals surface area contributed by atoms with Crippen LogP contribution in [0.2, 0.25) is 0 Å². The Morgan fingerprint density at radius 3 is 2.92 bits per heavy atom. The molecule has 0 unspecified atom stereocenters. The number of benzene rings is 1. The average Bonchev–Trinajstić information content (AvgIpc) is 2.16. The van der Waals surface area contributed by atoms with Crippen LogP contribution in [0.5, 0.6) is 5.75 Å². The summed E-state index contributed by atoms with van der Waals surface area (Å²) in [6.07, 6.45) is 1.61. The van der Waals surface area contributed by atoms with Crippen LogP contribution in [0.4, 0.5) is 0 Å². The lowest BCUT2D eigenvalue weighted by Gasteiger charge is -2.01. The molecule has 0 fully saturated rings. The van der Waals surface area contributed by atoms with Gasteiger partial charge in [-0.25, -0.2) is 0 Å². The number of carbonyl (C=O) groups excluding carboxylic acids is 1. The van der Waals surface area contributed by atoms with Crippen LogP contribution in [-0.4, -0.2) is 11.4 Å². The Hall–Kier alpha value is -1.82. The van der Waals surface area contributed by atoms with E-state index in [1.807, 2.05) is 6.07 Å². The topological polar surface area (TPSA) is 61.1 Å². The monoisotopic (exact) mass is 175 g/mol. The van der Waals surface area contributed by atoms with Crippen molar-refractivity contribution in [1.29, 1.82) is 5.26 Å². The van der Waals surface area contributed by atoms with Gasteiger partial charge in [-0.15, -0.1) is 0 Å². The molecule has 66 valence electrons. The zero-order valence-electron chi connectivity index (χ0n) is 7.03. The highest BCUT2D eigenvalue weighted by atomic mass is 16.3. The van der Waals surface area contributed by atoms with E-state index in [4.69, 9.17) is 10.4 Å². The maximum Gasteiger partial charge on any atom is 0.150 e. The van der Waals surface area contributed by atoms with Crippen molar-refractivity contribution in [2.24, 2.45) is 0 Å². The van der Waals surface area contributed by atoms with E-state index in [9.17, 15) is 4.79 Å². The minimum Gasteiger partial charge on any atom is -0.508 e. The molecular weight excluding hydrogens is 166 g/mol. The molecule has 1 rings (SSSR count). The Morgan fingerprint density at radius 2 is 2.31 bits per heavy atom. The number of hydrogen-bond acceptors (Lipinski definition) is 3. The summed E-state index contributed by atoms with van der Waals surface area (Å²) in [5.74, 6) is 0.0720. The van der Waals surface area contributed by atoms with E-state index in [0.29, 0.717) is 24.7 Å². The molecule has 0 bridgehead atoms. The molecule has 0 saturated heterocycles. The molecule has 0 spiro atoms. The SMILES string of the molecule is N#CCCc1ccc(O)cc1C=O. The van der Waals surface area contributed by atoms with Crippen molar-refractivity contribution in [1.82, 2.24) is 0 Å². The van der Waals surface area contributed by atoms with Crippen LogP contribution in [0.3, 0.4) is 0 Å². The highest BCUT2D eigenvalue weighted by Gasteiger charge is 2.01. The first-order chi connectivity index (χ1) is 6.27. The molecule has 13 heavy (non-hydrogen) atoms. The Labute approximate surface area is 76.2 Å². The summed E-state index contributed by atoms with van der Waals surface area (Å²) in [5, 5.41) is 17.4. The second kappa shape index (κ2) is 4.27. The molecule has 0 aliphatic rings. The first-order valence-corrected chi connectivity index (χ1v) is 3.92.